The zero-order chi connectivity index (χ0) is 13.7. The maximum absolute atomic E-state index is 4.61. The van der Waals surface area contributed by atoms with Gasteiger partial charge < -0.3 is 10.2 Å². The fourth-order valence-corrected chi connectivity index (χ4v) is 2.73. The van der Waals surface area contributed by atoms with Gasteiger partial charge in [0.1, 0.15) is 11.6 Å². The fourth-order valence-electron chi connectivity index (χ4n) is 2.73. The zero-order valence-electron chi connectivity index (χ0n) is 12.4. The summed E-state index contributed by atoms with van der Waals surface area (Å²) in [6.45, 7) is 10.8. The lowest BCUT2D eigenvalue weighted by atomic mass is 9.99. The average Bonchev–Trinajstić information content (AvgIpc) is 2.45. The Morgan fingerprint density at radius 1 is 1.37 bits per heavy atom. The molecule has 1 aromatic rings. The first-order chi connectivity index (χ1) is 9.22. The summed E-state index contributed by atoms with van der Waals surface area (Å²) in [5.74, 6) is 2.72. The van der Waals surface area contributed by atoms with Gasteiger partial charge in [-0.05, 0) is 52.1 Å². The van der Waals surface area contributed by atoms with Crippen LogP contribution in [0, 0.1) is 12.8 Å². The second-order valence-corrected chi connectivity index (χ2v) is 5.37. The smallest absolute Gasteiger partial charge is 0.132 e. The number of hydrogen-bond donors (Lipinski definition) is 1. The third-order valence-corrected chi connectivity index (χ3v) is 3.82. The summed E-state index contributed by atoms with van der Waals surface area (Å²) >= 11 is 0. The molecule has 1 atom stereocenters. The standard InChI is InChI=1S/C15H26N4/c1-4-14-9-15(18-12(3)17-14)19(5-2)11-13-7-6-8-16-10-13/h9,13,16H,4-8,10-11H2,1-3H3. The normalized spacial score (nSPS) is 19.4. The minimum atomic E-state index is 0.744. The monoisotopic (exact) mass is 262 g/mol. The molecule has 1 saturated heterocycles. The third-order valence-electron chi connectivity index (χ3n) is 3.82. The molecule has 0 saturated carbocycles. The highest BCUT2D eigenvalue weighted by Crippen LogP contribution is 2.18. The van der Waals surface area contributed by atoms with Crippen molar-refractivity contribution in [3.8, 4) is 0 Å². The van der Waals surface area contributed by atoms with Crippen LogP contribution in [0.2, 0.25) is 0 Å². The highest BCUT2D eigenvalue weighted by atomic mass is 15.2. The molecular formula is C15H26N4. The van der Waals surface area contributed by atoms with Crippen molar-refractivity contribution in [3.05, 3.63) is 17.6 Å². The molecule has 2 rings (SSSR count). The van der Waals surface area contributed by atoms with Gasteiger partial charge in [0, 0.05) is 24.8 Å². The summed E-state index contributed by atoms with van der Waals surface area (Å²) in [7, 11) is 0. The molecule has 0 amide bonds. The SMILES string of the molecule is CCc1cc(N(CC)CC2CCCNC2)nc(C)n1. The quantitative estimate of drug-likeness (QED) is 0.883. The van der Waals surface area contributed by atoms with Gasteiger partial charge in [-0.1, -0.05) is 6.92 Å². The first-order valence-corrected chi connectivity index (χ1v) is 7.53. The predicted molar refractivity (Wildman–Crippen MR) is 79.6 cm³/mol. The molecule has 0 spiro atoms. The van der Waals surface area contributed by atoms with Crippen molar-refractivity contribution in [2.75, 3.05) is 31.1 Å². The summed E-state index contributed by atoms with van der Waals surface area (Å²) in [6.07, 6.45) is 3.60. The maximum Gasteiger partial charge on any atom is 0.132 e. The number of rotatable bonds is 5. The van der Waals surface area contributed by atoms with E-state index in [1.54, 1.807) is 0 Å². The minimum absolute atomic E-state index is 0.744. The van der Waals surface area contributed by atoms with Crippen LogP contribution in [0.15, 0.2) is 6.07 Å². The predicted octanol–water partition coefficient (Wildman–Crippen LogP) is 2.17. The lowest BCUT2D eigenvalue weighted by Gasteiger charge is -2.30. The van der Waals surface area contributed by atoms with Crippen molar-refractivity contribution in [1.29, 1.82) is 0 Å². The number of nitrogens with zero attached hydrogens (tertiary/aromatic N) is 3. The van der Waals surface area contributed by atoms with E-state index in [1.165, 1.54) is 19.4 Å². The van der Waals surface area contributed by atoms with E-state index in [0.717, 1.165) is 49.3 Å². The number of nitrogens with one attached hydrogen (secondary N) is 1. The topological polar surface area (TPSA) is 41.0 Å². The molecule has 1 aliphatic rings. The molecule has 1 fully saturated rings. The molecule has 0 bridgehead atoms. The van der Waals surface area contributed by atoms with Crippen LogP contribution in [-0.4, -0.2) is 36.1 Å². The van der Waals surface area contributed by atoms with E-state index in [1.807, 2.05) is 6.92 Å². The Morgan fingerprint density at radius 3 is 2.84 bits per heavy atom. The van der Waals surface area contributed by atoms with E-state index in [-0.39, 0.29) is 0 Å². The van der Waals surface area contributed by atoms with Crippen molar-refractivity contribution < 1.29 is 0 Å². The lowest BCUT2D eigenvalue weighted by molar-refractivity contribution is 0.377. The zero-order valence-corrected chi connectivity index (χ0v) is 12.4. The van der Waals surface area contributed by atoms with E-state index < -0.39 is 0 Å². The molecule has 1 aromatic heterocycles. The van der Waals surface area contributed by atoms with Crippen LogP contribution < -0.4 is 10.2 Å². The molecule has 1 unspecified atom stereocenters. The van der Waals surface area contributed by atoms with Gasteiger partial charge in [0.15, 0.2) is 0 Å². The molecule has 106 valence electrons. The highest BCUT2D eigenvalue weighted by Gasteiger charge is 2.17. The van der Waals surface area contributed by atoms with Crippen LogP contribution in [0.3, 0.4) is 0 Å². The van der Waals surface area contributed by atoms with Gasteiger partial charge in [0.25, 0.3) is 0 Å². The molecule has 1 aliphatic heterocycles. The summed E-state index contributed by atoms with van der Waals surface area (Å²) in [5, 5.41) is 3.49. The molecule has 0 aromatic carbocycles. The largest absolute Gasteiger partial charge is 0.356 e. The molecule has 2 heterocycles. The Morgan fingerprint density at radius 2 is 2.21 bits per heavy atom. The molecule has 1 N–H and O–H groups in total. The third kappa shape index (κ3) is 3.90. The molecule has 19 heavy (non-hydrogen) atoms. The van der Waals surface area contributed by atoms with Crippen molar-refractivity contribution in [2.24, 2.45) is 5.92 Å². The molecule has 0 aliphatic carbocycles. The Kier molecular flexibility index (Phi) is 5.14. The lowest BCUT2D eigenvalue weighted by Crippen LogP contribution is -2.38. The van der Waals surface area contributed by atoms with E-state index in [9.17, 15) is 0 Å². The van der Waals surface area contributed by atoms with E-state index in [4.69, 9.17) is 0 Å². The van der Waals surface area contributed by atoms with Crippen molar-refractivity contribution in [3.63, 3.8) is 0 Å². The van der Waals surface area contributed by atoms with Crippen molar-refractivity contribution in [1.82, 2.24) is 15.3 Å². The van der Waals surface area contributed by atoms with Crippen LogP contribution in [0.4, 0.5) is 5.82 Å². The van der Waals surface area contributed by atoms with Gasteiger partial charge in [-0.2, -0.15) is 0 Å². The van der Waals surface area contributed by atoms with E-state index in [0.29, 0.717) is 0 Å². The second-order valence-electron chi connectivity index (χ2n) is 5.37. The number of aromatic nitrogens is 2. The first-order valence-electron chi connectivity index (χ1n) is 7.53. The Hall–Kier alpha value is -1.16. The average molecular weight is 262 g/mol. The van der Waals surface area contributed by atoms with Crippen molar-refractivity contribution >= 4 is 5.82 Å². The Bertz CT molecular complexity index is 399. The fraction of sp³-hybridized carbons (Fsp3) is 0.733. The van der Waals surface area contributed by atoms with Crippen LogP contribution in [0.1, 0.15) is 38.2 Å². The molecule has 4 nitrogen and oxygen atoms in total. The minimum Gasteiger partial charge on any atom is -0.356 e. The molecule has 0 radical (unpaired) electrons. The van der Waals surface area contributed by atoms with Gasteiger partial charge in [-0.15, -0.1) is 0 Å². The number of anilines is 1. The number of piperidine rings is 1. The van der Waals surface area contributed by atoms with Crippen molar-refractivity contribution in [2.45, 2.75) is 40.0 Å². The van der Waals surface area contributed by atoms with Gasteiger partial charge >= 0.3 is 0 Å². The maximum atomic E-state index is 4.61. The highest BCUT2D eigenvalue weighted by molar-refractivity contribution is 5.39. The molecule has 4 heteroatoms. The summed E-state index contributed by atoms with van der Waals surface area (Å²) in [6, 6.07) is 2.15. The summed E-state index contributed by atoms with van der Waals surface area (Å²) in [4.78, 5) is 11.5. The van der Waals surface area contributed by atoms with Gasteiger partial charge in [-0.3, -0.25) is 0 Å². The van der Waals surface area contributed by atoms with Crippen LogP contribution in [0.25, 0.3) is 0 Å². The summed E-state index contributed by atoms with van der Waals surface area (Å²) in [5.41, 5.74) is 1.14. The van der Waals surface area contributed by atoms with Crippen LogP contribution in [-0.2, 0) is 6.42 Å². The number of aryl methyl sites for hydroxylation is 2. The van der Waals surface area contributed by atoms with Crippen LogP contribution in [0.5, 0.6) is 0 Å². The van der Waals surface area contributed by atoms with E-state index in [2.05, 4.69) is 40.1 Å². The Labute approximate surface area is 116 Å². The van der Waals surface area contributed by atoms with Crippen LogP contribution >= 0.6 is 0 Å². The summed E-state index contributed by atoms with van der Waals surface area (Å²) < 4.78 is 0. The van der Waals surface area contributed by atoms with Gasteiger partial charge in [-0.25, -0.2) is 9.97 Å². The van der Waals surface area contributed by atoms with E-state index >= 15 is 0 Å². The first kappa shape index (κ1) is 14.3. The molecular weight excluding hydrogens is 236 g/mol. The Balaban J connectivity index is 2.09. The van der Waals surface area contributed by atoms with Gasteiger partial charge in [0.2, 0.25) is 0 Å². The van der Waals surface area contributed by atoms with Gasteiger partial charge in [0.05, 0.1) is 0 Å². The second kappa shape index (κ2) is 6.85. The number of hydrogen-bond acceptors (Lipinski definition) is 4.